The molecule has 2 aliphatic rings. The lowest BCUT2D eigenvalue weighted by atomic mass is 10.0. The minimum Gasteiger partial charge on any atom is -0.300 e. The molecule has 2 fully saturated rings. The number of rotatable bonds is 5. The Morgan fingerprint density at radius 1 is 1.00 bits per heavy atom. The first-order chi connectivity index (χ1) is 8.40. The Bertz CT molecular complexity index is 196. The zero-order chi connectivity index (χ0) is 11.9. The van der Waals surface area contributed by atoms with Gasteiger partial charge in [0.05, 0.1) is 0 Å². The van der Waals surface area contributed by atoms with Crippen molar-refractivity contribution in [1.29, 1.82) is 0 Å². The summed E-state index contributed by atoms with van der Waals surface area (Å²) in [5, 5.41) is 0. The molecule has 0 atom stereocenters. The summed E-state index contributed by atoms with van der Waals surface area (Å²) in [7, 11) is 0. The van der Waals surface area contributed by atoms with Gasteiger partial charge in [-0.05, 0) is 45.2 Å². The monoisotopic (exact) mass is 256 g/mol. The van der Waals surface area contributed by atoms with Crippen LogP contribution in [0.4, 0.5) is 0 Å². The maximum atomic E-state index is 2.76. The van der Waals surface area contributed by atoms with Crippen LogP contribution in [-0.4, -0.2) is 47.2 Å². The SMILES string of the molecule is CCCCSN1CCC(N2CCCCC2)CC1. The number of unbranched alkanes of at least 4 members (excludes halogenated alkanes) is 1. The summed E-state index contributed by atoms with van der Waals surface area (Å²) in [4.78, 5) is 2.76. The van der Waals surface area contributed by atoms with E-state index < -0.39 is 0 Å². The fraction of sp³-hybridized carbons (Fsp3) is 1.00. The number of likely N-dealkylation sites (tertiary alicyclic amines) is 1. The molecule has 0 unspecified atom stereocenters. The van der Waals surface area contributed by atoms with Crippen LogP contribution >= 0.6 is 11.9 Å². The van der Waals surface area contributed by atoms with E-state index in [1.54, 1.807) is 0 Å². The molecule has 2 aliphatic heterocycles. The first-order valence-electron chi connectivity index (χ1n) is 7.52. The first-order valence-corrected chi connectivity index (χ1v) is 8.46. The molecular formula is C14H28N2S. The van der Waals surface area contributed by atoms with Crippen LogP contribution in [0.3, 0.4) is 0 Å². The molecule has 0 aromatic carbocycles. The van der Waals surface area contributed by atoms with Crippen LogP contribution in [0, 0.1) is 0 Å². The van der Waals surface area contributed by atoms with Crippen LogP contribution in [0.25, 0.3) is 0 Å². The summed E-state index contributed by atoms with van der Waals surface area (Å²) in [6, 6.07) is 0.901. The van der Waals surface area contributed by atoms with Gasteiger partial charge in [-0.1, -0.05) is 31.7 Å². The third-order valence-electron chi connectivity index (χ3n) is 4.10. The smallest absolute Gasteiger partial charge is 0.0120 e. The van der Waals surface area contributed by atoms with Crippen molar-refractivity contribution in [3.63, 3.8) is 0 Å². The summed E-state index contributed by atoms with van der Waals surface area (Å²) in [6.45, 7) is 7.65. The topological polar surface area (TPSA) is 6.48 Å². The number of piperidine rings is 2. The fourth-order valence-corrected chi connectivity index (χ4v) is 4.10. The zero-order valence-corrected chi connectivity index (χ0v) is 12.2. The van der Waals surface area contributed by atoms with Crippen LogP contribution in [0.15, 0.2) is 0 Å². The van der Waals surface area contributed by atoms with Gasteiger partial charge < -0.3 is 4.90 Å². The molecule has 0 aliphatic carbocycles. The average molecular weight is 256 g/mol. The third kappa shape index (κ3) is 4.46. The average Bonchev–Trinajstić information content (AvgIpc) is 2.41. The summed E-state index contributed by atoms with van der Waals surface area (Å²) in [5.41, 5.74) is 0. The lowest BCUT2D eigenvalue weighted by Gasteiger charge is -2.39. The Labute approximate surface area is 111 Å². The van der Waals surface area contributed by atoms with Gasteiger partial charge in [0.2, 0.25) is 0 Å². The highest BCUT2D eigenvalue weighted by Crippen LogP contribution is 2.24. The van der Waals surface area contributed by atoms with Crippen LogP contribution in [0.2, 0.25) is 0 Å². The predicted octanol–water partition coefficient (Wildman–Crippen LogP) is 3.39. The number of hydrogen-bond acceptors (Lipinski definition) is 3. The summed E-state index contributed by atoms with van der Waals surface area (Å²) >= 11 is 2.09. The molecule has 0 spiro atoms. The molecule has 0 saturated carbocycles. The molecule has 100 valence electrons. The molecular weight excluding hydrogens is 228 g/mol. The second-order valence-corrected chi connectivity index (χ2v) is 6.63. The summed E-state index contributed by atoms with van der Waals surface area (Å²) in [5.74, 6) is 1.32. The largest absolute Gasteiger partial charge is 0.300 e. The van der Waals surface area contributed by atoms with Gasteiger partial charge in [-0.25, -0.2) is 0 Å². The van der Waals surface area contributed by atoms with Gasteiger partial charge in [0.1, 0.15) is 0 Å². The van der Waals surface area contributed by atoms with Gasteiger partial charge in [-0.3, -0.25) is 4.31 Å². The minimum atomic E-state index is 0.901. The zero-order valence-electron chi connectivity index (χ0n) is 11.4. The molecule has 0 radical (unpaired) electrons. The summed E-state index contributed by atoms with van der Waals surface area (Å²) < 4.78 is 2.61. The van der Waals surface area contributed by atoms with Gasteiger partial charge in [0.15, 0.2) is 0 Å². The van der Waals surface area contributed by atoms with Gasteiger partial charge in [-0.15, -0.1) is 0 Å². The van der Waals surface area contributed by atoms with Gasteiger partial charge >= 0.3 is 0 Å². The predicted molar refractivity (Wildman–Crippen MR) is 77.4 cm³/mol. The lowest BCUT2D eigenvalue weighted by molar-refractivity contribution is 0.120. The highest BCUT2D eigenvalue weighted by atomic mass is 32.2. The highest BCUT2D eigenvalue weighted by Gasteiger charge is 2.25. The molecule has 17 heavy (non-hydrogen) atoms. The van der Waals surface area contributed by atoms with Crippen molar-refractivity contribution in [2.75, 3.05) is 31.9 Å². The molecule has 2 nitrogen and oxygen atoms in total. The van der Waals surface area contributed by atoms with Crippen LogP contribution in [0.5, 0.6) is 0 Å². The first kappa shape index (κ1) is 13.7. The van der Waals surface area contributed by atoms with E-state index in [4.69, 9.17) is 0 Å². The normalized spacial score (nSPS) is 25.2. The van der Waals surface area contributed by atoms with Crippen molar-refractivity contribution in [2.24, 2.45) is 0 Å². The Kier molecular flexibility index (Phi) is 6.16. The van der Waals surface area contributed by atoms with E-state index in [9.17, 15) is 0 Å². The highest BCUT2D eigenvalue weighted by molar-refractivity contribution is 7.97. The van der Waals surface area contributed by atoms with E-state index in [0.717, 1.165) is 6.04 Å². The molecule has 2 rings (SSSR count). The molecule has 0 amide bonds. The van der Waals surface area contributed by atoms with Crippen molar-refractivity contribution >= 4 is 11.9 Å². The van der Waals surface area contributed by atoms with E-state index in [0.29, 0.717) is 0 Å². The fourth-order valence-electron chi connectivity index (χ4n) is 2.96. The van der Waals surface area contributed by atoms with Crippen LogP contribution in [-0.2, 0) is 0 Å². The van der Waals surface area contributed by atoms with Crippen molar-refractivity contribution in [3.8, 4) is 0 Å². The maximum Gasteiger partial charge on any atom is 0.0120 e. The van der Waals surface area contributed by atoms with Crippen LogP contribution in [0.1, 0.15) is 51.9 Å². The third-order valence-corrected chi connectivity index (χ3v) is 5.30. The van der Waals surface area contributed by atoms with Gasteiger partial charge in [-0.2, -0.15) is 0 Å². The van der Waals surface area contributed by atoms with E-state index in [2.05, 4.69) is 28.1 Å². The molecule has 0 aromatic rings. The number of nitrogens with zero attached hydrogens (tertiary/aromatic N) is 2. The molecule has 2 heterocycles. The number of hydrogen-bond donors (Lipinski definition) is 0. The second-order valence-electron chi connectivity index (χ2n) is 5.44. The van der Waals surface area contributed by atoms with Gasteiger partial charge in [0, 0.05) is 24.9 Å². The summed E-state index contributed by atoms with van der Waals surface area (Å²) in [6.07, 6.45) is 9.84. The second kappa shape index (κ2) is 7.65. The molecule has 0 bridgehead atoms. The van der Waals surface area contributed by atoms with Crippen molar-refractivity contribution < 1.29 is 0 Å². The van der Waals surface area contributed by atoms with Crippen molar-refractivity contribution in [2.45, 2.75) is 57.9 Å². The van der Waals surface area contributed by atoms with E-state index in [1.165, 1.54) is 76.9 Å². The van der Waals surface area contributed by atoms with Crippen LogP contribution < -0.4 is 0 Å². The van der Waals surface area contributed by atoms with Crippen molar-refractivity contribution in [3.05, 3.63) is 0 Å². The Morgan fingerprint density at radius 3 is 2.35 bits per heavy atom. The molecule has 3 heteroatoms. The van der Waals surface area contributed by atoms with Crippen molar-refractivity contribution in [1.82, 2.24) is 9.21 Å². The Balaban J connectivity index is 1.63. The quantitative estimate of drug-likeness (QED) is 0.550. The molecule has 2 saturated heterocycles. The lowest BCUT2D eigenvalue weighted by Crippen LogP contribution is -2.45. The maximum absolute atomic E-state index is 2.76. The minimum absolute atomic E-state index is 0.901. The Morgan fingerprint density at radius 2 is 1.71 bits per heavy atom. The van der Waals surface area contributed by atoms with E-state index >= 15 is 0 Å². The van der Waals surface area contributed by atoms with E-state index in [1.807, 2.05) is 0 Å². The van der Waals surface area contributed by atoms with Gasteiger partial charge in [0.25, 0.3) is 0 Å². The Hall–Kier alpha value is 0.270. The van der Waals surface area contributed by atoms with E-state index in [-0.39, 0.29) is 0 Å². The standard InChI is InChI=1S/C14H28N2S/c1-2-3-13-17-16-11-7-14(8-12-16)15-9-5-4-6-10-15/h14H,2-13H2,1H3. The molecule has 0 aromatic heterocycles. The molecule has 0 N–H and O–H groups in total.